The third kappa shape index (κ3) is 2.31. The molecule has 1 heterocycles. The molecule has 1 N–H and O–H groups in total. The molecule has 1 rings (SSSR count). The van der Waals surface area contributed by atoms with E-state index in [0.717, 1.165) is 29.0 Å². The van der Waals surface area contributed by atoms with Crippen LogP contribution in [0.2, 0.25) is 0 Å². The lowest BCUT2D eigenvalue weighted by atomic mass is 10.3. The maximum Gasteiger partial charge on any atom is 0.127 e. The zero-order chi connectivity index (χ0) is 9.84. The zero-order valence-corrected chi connectivity index (χ0v) is 9.63. The summed E-state index contributed by atoms with van der Waals surface area (Å²) in [7, 11) is 1.99. The summed E-state index contributed by atoms with van der Waals surface area (Å²) in [6.07, 6.45) is 2.74. The van der Waals surface area contributed by atoms with Crippen LogP contribution in [0.4, 0.5) is 0 Å². The fourth-order valence-electron chi connectivity index (χ4n) is 1.37. The molecule has 4 heteroatoms. The van der Waals surface area contributed by atoms with Gasteiger partial charge in [-0.3, -0.25) is 0 Å². The summed E-state index contributed by atoms with van der Waals surface area (Å²) in [6, 6.07) is 0. The Hall–Kier alpha value is -0.350. The van der Waals surface area contributed by atoms with Crippen molar-refractivity contribution in [2.24, 2.45) is 7.05 Å². The van der Waals surface area contributed by atoms with Crippen molar-refractivity contribution >= 4 is 15.9 Å². The molecule has 0 saturated carbocycles. The minimum Gasteiger partial charge on any atom is -0.396 e. The van der Waals surface area contributed by atoms with Gasteiger partial charge in [0, 0.05) is 26.5 Å². The average Bonchev–Trinajstić information content (AvgIpc) is 2.34. The monoisotopic (exact) mass is 246 g/mol. The Bertz CT molecular complexity index is 283. The van der Waals surface area contributed by atoms with Crippen molar-refractivity contribution in [2.45, 2.75) is 26.2 Å². The number of aryl methyl sites for hydroxylation is 1. The van der Waals surface area contributed by atoms with Crippen molar-refractivity contribution in [1.29, 1.82) is 0 Å². The molecule has 0 aliphatic heterocycles. The van der Waals surface area contributed by atoms with E-state index in [4.69, 9.17) is 5.11 Å². The minimum atomic E-state index is 0.170. The highest BCUT2D eigenvalue weighted by Gasteiger charge is 2.10. The fourth-order valence-corrected chi connectivity index (χ4v) is 2.04. The predicted octanol–water partition coefficient (Wildman–Crippen LogP) is 1.67. The average molecular weight is 247 g/mol. The quantitative estimate of drug-likeness (QED) is 0.878. The third-order valence-electron chi connectivity index (χ3n) is 2.08. The van der Waals surface area contributed by atoms with Gasteiger partial charge in [-0.2, -0.15) is 0 Å². The minimum absolute atomic E-state index is 0.170. The van der Waals surface area contributed by atoms with Crippen molar-refractivity contribution in [3.05, 3.63) is 16.1 Å². The lowest BCUT2D eigenvalue weighted by molar-refractivity contribution is 0.296. The fraction of sp³-hybridized carbons (Fsp3) is 0.667. The number of hydrogen-bond acceptors (Lipinski definition) is 2. The second-order valence-corrected chi connectivity index (χ2v) is 3.80. The van der Waals surface area contributed by atoms with Crippen molar-refractivity contribution in [1.82, 2.24) is 9.55 Å². The highest BCUT2D eigenvalue weighted by Crippen LogP contribution is 2.18. The molecule has 0 atom stereocenters. The summed E-state index contributed by atoms with van der Waals surface area (Å²) in [5.74, 6) is 1.08. The molecule has 0 aliphatic rings. The summed E-state index contributed by atoms with van der Waals surface area (Å²) in [5.41, 5.74) is 1.07. The Morgan fingerprint density at radius 1 is 1.46 bits per heavy atom. The first-order valence-electron chi connectivity index (χ1n) is 4.51. The van der Waals surface area contributed by atoms with Gasteiger partial charge in [-0.05, 0) is 22.4 Å². The Kier molecular flexibility index (Phi) is 3.93. The number of nitrogens with zero attached hydrogens (tertiary/aromatic N) is 2. The van der Waals surface area contributed by atoms with Crippen LogP contribution >= 0.6 is 15.9 Å². The Labute approximate surface area is 86.9 Å². The van der Waals surface area contributed by atoms with E-state index in [-0.39, 0.29) is 6.61 Å². The van der Waals surface area contributed by atoms with Crippen LogP contribution in [-0.4, -0.2) is 21.3 Å². The van der Waals surface area contributed by atoms with Gasteiger partial charge in [-0.15, -0.1) is 0 Å². The Morgan fingerprint density at radius 3 is 2.69 bits per heavy atom. The molecule has 1 aromatic rings. The maximum atomic E-state index is 8.85. The standard InChI is InChI=1S/C9H15BrN2O/c1-3-4-8-11-9(10)7(5-6-13)12(8)2/h13H,3-6H2,1-2H3. The van der Waals surface area contributed by atoms with Gasteiger partial charge in [0.1, 0.15) is 10.4 Å². The summed E-state index contributed by atoms with van der Waals surface area (Å²) >= 11 is 3.40. The second kappa shape index (κ2) is 4.77. The molecule has 0 aliphatic carbocycles. The number of imidazole rings is 1. The van der Waals surface area contributed by atoms with E-state index in [2.05, 4.69) is 32.4 Å². The topological polar surface area (TPSA) is 38.1 Å². The lowest BCUT2D eigenvalue weighted by Crippen LogP contribution is -2.03. The third-order valence-corrected chi connectivity index (χ3v) is 2.71. The molecule has 13 heavy (non-hydrogen) atoms. The number of halogens is 1. The molecule has 0 radical (unpaired) electrons. The van der Waals surface area contributed by atoms with E-state index in [1.807, 2.05) is 7.05 Å². The van der Waals surface area contributed by atoms with Crippen LogP contribution in [0.1, 0.15) is 24.9 Å². The molecule has 74 valence electrons. The molecule has 0 aromatic carbocycles. The molecular weight excluding hydrogens is 232 g/mol. The summed E-state index contributed by atoms with van der Waals surface area (Å²) in [6.45, 7) is 2.30. The van der Waals surface area contributed by atoms with E-state index in [1.165, 1.54) is 0 Å². The van der Waals surface area contributed by atoms with Crippen LogP contribution in [0.5, 0.6) is 0 Å². The molecule has 3 nitrogen and oxygen atoms in total. The molecule has 0 amide bonds. The van der Waals surface area contributed by atoms with E-state index in [0.29, 0.717) is 6.42 Å². The molecule has 0 spiro atoms. The number of aromatic nitrogens is 2. The van der Waals surface area contributed by atoms with Gasteiger partial charge in [0.2, 0.25) is 0 Å². The predicted molar refractivity (Wildman–Crippen MR) is 55.7 cm³/mol. The van der Waals surface area contributed by atoms with Crippen LogP contribution in [0, 0.1) is 0 Å². The van der Waals surface area contributed by atoms with Crippen LogP contribution in [0.25, 0.3) is 0 Å². The number of aliphatic hydroxyl groups is 1. The summed E-state index contributed by atoms with van der Waals surface area (Å²) < 4.78 is 2.93. The molecular formula is C9H15BrN2O. The van der Waals surface area contributed by atoms with Crippen molar-refractivity contribution < 1.29 is 5.11 Å². The highest BCUT2D eigenvalue weighted by molar-refractivity contribution is 9.10. The zero-order valence-electron chi connectivity index (χ0n) is 8.05. The van der Waals surface area contributed by atoms with Gasteiger partial charge < -0.3 is 9.67 Å². The summed E-state index contributed by atoms with van der Waals surface area (Å²) in [5, 5.41) is 8.85. The SMILES string of the molecule is CCCc1nc(Br)c(CCO)n1C. The van der Waals surface area contributed by atoms with Gasteiger partial charge in [-0.25, -0.2) is 4.98 Å². The number of hydrogen-bond donors (Lipinski definition) is 1. The first-order valence-corrected chi connectivity index (χ1v) is 5.30. The van der Waals surface area contributed by atoms with Crippen LogP contribution in [0.3, 0.4) is 0 Å². The van der Waals surface area contributed by atoms with Gasteiger partial charge in [0.05, 0.1) is 5.69 Å². The van der Waals surface area contributed by atoms with Crippen LogP contribution in [0.15, 0.2) is 4.60 Å². The smallest absolute Gasteiger partial charge is 0.127 e. The molecule has 0 fully saturated rings. The second-order valence-electron chi connectivity index (χ2n) is 3.05. The largest absolute Gasteiger partial charge is 0.396 e. The van der Waals surface area contributed by atoms with E-state index >= 15 is 0 Å². The van der Waals surface area contributed by atoms with Crippen molar-refractivity contribution in [2.75, 3.05) is 6.61 Å². The Balaban J connectivity index is 2.92. The van der Waals surface area contributed by atoms with E-state index in [1.54, 1.807) is 0 Å². The lowest BCUT2D eigenvalue weighted by Gasteiger charge is -2.03. The Morgan fingerprint density at radius 2 is 2.15 bits per heavy atom. The van der Waals surface area contributed by atoms with Crippen LogP contribution in [-0.2, 0) is 19.9 Å². The molecule has 0 bridgehead atoms. The number of aliphatic hydroxyl groups excluding tert-OH is 1. The van der Waals surface area contributed by atoms with E-state index < -0.39 is 0 Å². The van der Waals surface area contributed by atoms with Gasteiger partial charge in [-0.1, -0.05) is 6.92 Å². The van der Waals surface area contributed by atoms with Crippen LogP contribution < -0.4 is 0 Å². The first kappa shape index (κ1) is 10.7. The number of rotatable bonds is 4. The van der Waals surface area contributed by atoms with E-state index in [9.17, 15) is 0 Å². The summed E-state index contributed by atoms with van der Waals surface area (Å²) in [4.78, 5) is 4.39. The maximum absolute atomic E-state index is 8.85. The molecule has 1 aromatic heterocycles. The normalized spacial score (nSPS) is 10.8. The van der Waals surface area contributed by atoms with Crippen molar-refractivity contribution in [3.8, 4) is 0 Å². The van der Waals surface area contributed by atoms with Gasteiger partial charge in [0.15, 0.2) is 0 Å². The van der Waals surface area contributed by atoms with Gasteiger partial charge in [0.25, 0.3) is 0 Å². The highest BCUT2D eigenvalue weighted by atomic mass is 79.9. The molecule has 0 unspecified atom stereocenters. The molecule has 0 saturated heterocycles. The van der Waals surface area contributed by atoms with Gasteiger partial charge >= 0.3 is 0 Å². The van der Waals surface area contributed by atoms with Crippen molar-refractivity contribution in [3.63, 3.8) is 0 Å². The first-order chi connectivity index (χ1) is 6.20.